The largest absolute Gasteiger partial charge is 0.411 e. The first-order valence-corrected chi connectivity index (χ1v) is 9.22. The molecule has 8 heteroatoms. The van der Waals surface area contributed by atoms with E-state index < -0.39 is 4.92 Å². The molecule has 0 saturated heterocycles. The number of thioether (sulfide) groups is 1. The van der Waals surface area contributed by atoms with Crippen molar-refractivity contribution < 1.29 is 14.1 Å². The molecule has 1 heterocycles. The predicted molar refractivity (Wildman–Crippen MR) is 102 cm³/mol. The van der Waals surface area contributed by atoms with Crippen LogP contribution in [0.25, 0.3) is 11.5 Å². The van der Waals surface area contributed by atoms with Crippen molar-refractivity contribution in [1.29, 1.82) is 0 Å². The van der Waals surface area contributed by atoms with Gasteiger partial charge in [0.1, 0.15) is 6.29 Å². The monoisotopic (exact) mass is 383 g/mol. The number of carbonyl (C=O) groups is 1. The van der Waals surface area contributed by atoms with E-state index in [9.17, 15) is 14.9 Å². The SMILES string of the molecule is CCc1cc(C=O)ccc1-c1nnc(SC(C)c2cccc([N+](=O)[O-])c2)o1. The summed E-state index contributed by atoms with van der Waals surface area (Å²) in [5.74, 6) is 0.387. The van der Waals surface area contributed by atoms with Crippen molar-refractivity contribution in [3.8, 4) is 11.5 Å². The minimum absolute atomic E-state index is 0.0500. The minimum Gasteiger partial charge on any atom is -0.411 e. The molecule has 27 heavy (non-hydrogen) atoms. The highest BCUT2D eigenvalue weighted by atomic mass is 32.2. The number of hydrogen-bond donors (Lipinski definition) is 0. The van der Waals surface area contributed by atoms with E-state index in [1.54, 1.807) is 24.3 Å². The van der Waals surface area contributed by atoms with E-state index in [0.29, 0.717) is 16.7 Å². The number of aryl methyl sites for hydroxylation is 1. The van der Waals surface area contributed by atoms with Crippen LogP contribution in [-0.4, -0.2) is 21.4 Å². The lowest BCUT2D eigenvalue weighted by Gasteiger charge is -2.08. The number of rotatable bonds is 7. The lowest BCUT2D eigenvalue weighted by molar-refractivity contribution is -0.384. The Labute approximate surface area is 160 Å². The predicted octanol–water partition coefficient (Wildman–Crippen LogP) is 4.87. The summed E-state index contributed by atoms with van der Waals surface area (Å²) in [7, 11) is 0. The van der Waals surface area contributed by atoms with Crippen molar-refractivity contribution >= 4 is 23.7 Å². The van der Waals surface area contributed by atoms with Crippen molar-refractivity contribution in [2.75, 3.05) is 0 Å². The van der Waals surface area contributed by atoms with Crippen LogP contribution in [0.1, 0.15) is 40.6 Å². The summed E-state index contributed by atoms with van der Waals surface area (Å²) in [6.07, 6.45) is 1.53. The summed E-state index contributed by atoms with van der Waals surface area (Å²) in [5, 5.41) is 19.4. The number of nitro benzene ring substituents is 1. The van der Waals surface area contributed by atoms with Crippen LogP contribution >= 0.6 is 11.8 Å². The third-order valence-electron chi connectivity index (χ3n) is 4.11. The van der Waals surface area contributed by atoms with Crippen LogP contribution in [0.4, 0.5) is 5.69 Å². The molecule has 0 aliphatic rings. The van der Waals surface area contributed by atoms with E-state index in [0.717, 1.165) is 29.4 Å². The summed E-state index contributed by atoms with van der Waals surface area (Å²) < 4.78 is 5.77. The topological polar surface area (TPSA) is 99.1 Å². The van der Waals surface area contributed by atoms with E-state index >= 15 is 0 Å². The van der Waals surface area contributed by atoms with Gasteiger partial charge in [-0.15, -0.1) is 10.2 Å². The third-order valence-corrected chi connectivity index (χ3v) is 5.10. The molecule has 0 spiro atoms. The van der Waals surface area contributed by atoms with E-state index in [1.165, 1.54) is 17.8 Å². The number of aromatic nitrogens is 2. The number of hydrogen-bond acceptors (Lipinski definition) is 7. The van der Waals surface area contributed by atoms with Crippen molar-refractivity contribution in [3.05, 3.63) is 69.3 Å². The fourth-order valence-corrected chi connectivity index (χ4v) is 3.46. The van der Waals surface area contributed by atoms with Gasteiger partial charge >= 0.3 is 0 Å². The van der Waals surface area contributed by atoms with Crippen molar-refractivity contribution in [1.82, 2.24) is 10.2 Å². The van der Waals surface area contributed by atoms with Crippen LogP contribution in [-0.2, 0) is 6.42 Å². The Kier molecular flexibility index (Phi) is 5.66. The van der Waals surface area contributed by atoms with Crippen molar-refractivity contribution in [2.24, 2.45) is 0 Å². The van der Waals surface area contributed by atoms with Gasteiger partial charge < -0.3 is 4.42 Å². The van der Waals surface area contributed by atoms with Crippen LogP contribution < -0.4 is 0 Å². The minimum atomic E-state index is -0.416. The maximum Gasteiger partial charge on any atom is 0.277 e. The number of nitro groups is 1. The maximum absolute atomic E-state index is 11.0. The van der Waals surface area contributed by atoms with Gasteiger partial charge in [0.15, 0.2) is 0 Å². The number of carbonyl (C=O) groups excluding carboxylic acids is 1. The second kappa shape index (κ2) is 8.13. The Balaban J connectivity index is 1.81. The molecule has 1 aromatic heterocycles. The van der Waals surface area contributed by atoms with E-state index in [-0.39, 0.29) is 10.9 Å². The Morgan fingerprint density at radius 3 is 2.78 bits per heavy atom. The normalized spacial score (nSPS) is 11.9. The molecule has 0 N–H and O–H groups in total. The van der Waals surface area contributed by atoms with Gasteiger partial charge in [-0.25, -0.2) is 0 Å². The molecule has 3 rings (SSSR count). The molecule has 138 valence electrons. The molecule has 0 bridgehead atoms. The van der Waals surface area contributed by atoms with Gasteiger partial charge in [-0.2, -0.15) is 0 Å². The average molecular weight is 383 g/mol. The van der Waals surface area contributed by atoms with Crippen LogP contribution in [0.2, 0.25) is 0 Å². The van der Waals surface area contributed by atoms with E-state index in [1.807, 2.05) is 26.0 Å². The highest BCUT2D eigenvalue weighted by Gasteiger charge is 2.17. The molecule has 0 aliphatic carbocycles. The maximum atomic E-state index is 11.0. The number of benzene rings is 2. The Morgan fingerprint density at radius 2 is 2.07 bits per heavy atom. The Morgan fingerprint density at radius 1 is 1.26 bits per heavy atom. The first-order valence-electron chi connectivity index (χ1n) is 8.34. The molecule has 0 amide bonds. The zero-order chi connectivity index (χ0) is 19.4. The molecule has 0 aliphatic heterocycles. The molecule has 0 radical (unpaired) electrons. The average Bonchev–Trinajstić information content (AvgIpc) is 3.15. The van der Waals surface area contributed by atoms with Crippen molar-refractivity contribution in [3.63, 3.8) is 0 Å². The van der Waals surface area contributed by atoms with Gasteiger partial charge in [-0.3, -0.25) is 14.9 Å². The van der Waals surface area contributed by atoms with E-state index in [2.05, 4.69) is 10.2 Å². The zero-order valence-electron chi connectivity index (χ0n) is 14.8. The number of aldehydes is 1. The molecular formula is C19H17N3O4S. The summed E-state index contributed by atoms with van der Waals surface area (Å²) in [5.41, 5.74) is 3.20. The fourth-order valence-electron chi connectivity index (χ4n) is 2.66. The lowest BCUT2D eigenvalue weighted by atomic mass is 10.0. The van der Waals surface area contributed by atoms with Crippen LogP contribution in [0.15, 0.2) is 52.1 Å². The van der Waals surface area contributed by atoms with Gasteiger partial charge in [0.25, 0.3) is 10.9 Å². The van der Waals surface area contributed by atoms with Crippen LogP contribution in [0.5, 0.6) is 0 Å². The van der Waals surface area contributed by atoms with Gasteiger partial charge in [0.05, 0.1) is 4.92 Å². The molecule has 1 atom stereocenters. The molecule has 2 aromatic carbocycles. The highest BCUT2D eigenvalue weighted by Crippen LogP contribution is 2.36. The lowest BCUT2D eigenvalue weighted by Crippen LogP contribution is -1.92. The second-order valence-corrected chi connectivity index (χ2v) is 7.17. The standard InChI is InChI=1S/C19H17N3O4S/c1-3-14-9-13(11-23)7-8-17(14)18-20-21-19(26-18)27-12(2)15-5-4-6-16(10-15)22(24)25/h4-12H,3H2,1-2H3. The molecule has 3 aromatic rings. The second-order valence-electron chi connectivity index (χ2n) is 5.87. The Hall–Kier alpha value is -3.00. The van der Waals surface area contributed by atoms with Gasteiger partial charge in [-0.05, 0) is 36.6 Å². The quantitative estimate of drug-likeness (QED) is 0.248. The first kappa shape index (κ1) is 18.8. The van der Waals surface area contributed by atoms with Gasteiger partial charge in [0.2, 0.25) is 5.89 Å². The van der Waals surface area contributed by atoms with Crippen LogP contribution in [0.3, 0.4) is 0 Å². The molecular weight excluding hydrogens is 366 g/mol. The fraction of sp³-hybridized carbons (Fsp3) is 0.211. The van der Waals surface area contributed by atoms with Gasteiger partial charge in [-0.1, -0.05) is 36.9 Å². The number of nitrogens with zero attached hydrogens (tertiary/aromatic N) is 3. The van der Waals surface area contributed by atoms with Crippen molar-refractivity contribution in [2.45, 2.75) is 30.7 Å². The molecule has 7 nitrogen and oxygen atoms in total. The molecule has 0 saturated carbocycles. The highest BCUT2D eigenvalue weighted by molar-refractivity contribution is 7.99. The summed E-state index contributed by atoms with van der Waals surface area (Å²) >= 11 is 1.33. The summed E-state index contributed by atoms with van der Waals surface area (Å²) in [4.78, 5) is 21.5. The first-order chi connectivity index (χ1) is 13.0. The zero-order valence-corrected chi connectivity index (χ0v) is 15.6. The number of non-ortho nitro benzene ring substituents is 1. The smallest absolute Gasteiger partial charge is 0.277 e. The van der Waals surface area contributed by atoms with Gasteiger partial charge in [0, 0.05) is 28.5 Å². The molecule has 0 fully saturated rings. The summed E-state index contributed by atoms with van der Waals surface area (Å²) in [6, 6.07) is 11.8. The summed E-state index contributed by atoms with van der Waals surface area (Å²) in [6.45, 7) is 3.91. The van der Waals surface area contributed by atoms with E-state index in [4.69, 9.17) is 4.42 Å². The molecule has 1 unspecified atom stereocenters. The Bertz CT molecular complexity index is 987. The van der Waals surface area contributed by atoms with Crippen LogP contribution in [0, 0.1) is 10.1 Å². The third kappa shape index (κ3) is 4.22.